The summed E-state index contributed by atoms with van der Waals surface area (Å²) in [5.74, 6) is -2.08. The number of hydrogen-bond acceptors (Lipinski definition) is 3. The van der Waals surface area contributed by atoms with Gasteiger partial charge in [-0.2, -0.15) is 5.26 Å². The fourth-order valence-electron chi connectivity index (χ4n) is 1.14. The fourth-order valence-corrected chi connectivity index (χ4v) is 1.14. The molecule has 0 saturated heterocycles. The van der Waals surface area contributed by atoms with E-state index in [4.69, 9.17) is 11.0 Å². The third kappa shape index (κ3) is 2.56. The number of halogens is 4. The van der Waals surface area contributed by atoms with Gasteiger partial charge in [0.2, 0.25) is 0 Å². The molecule has 0 unspecified atom stereocenters. The zero-order chi connectivity index (χ0) is 11.6. The maximum absolute atomic E-state index is 12.9. The van der Waals surface area contributed by atoms with E-state index < -0.39 is 29.6 Å². The topological polar surface area (TPSA) is 70.0 Å². The zero-order valence-corrected chi connectivity index (χ0v) is 8.64. The molecule has 3 N–H and O–H groups in total. The number of rotatable bonds is 2. The molecule has 0 bridgehead atoms. The van der Waals surface area contributed by atoms with Crippen LogP contribution < -0.4 is 5.73 Å². The Morgan fingerprint density at radius 1 is 1.38 bits per heavy atom. The average Bonchev–Trinajstić information content (AvgIpc) is 2.20. The molecule has 0 heterocycles. The lowest BCUT2D eigenvalue weighted by atomic mass is 10.0. The molecule has 1 aromatic carbocycles. The van der Waals surface area contributed by atoms with Crippen LogP contribution in [-0.2, 0) is 0 Å². The van der Waals surface area contributed by atoms with Gasteiger partial charge < -0.3 is 10.8 Å². The van der Waals surface area contributed by atoms with Crippen molar-refractivity contribution in [2.45, 2.75) is 12.5 Å². The smallest absolute Gasteiger partial charge is 0.257 e. The first kappa shape index (κ1) is 14.6. The van der Waals surface area contributed by atoms with Crippen LogP contribution in [0.2, 0.25) is 0 Å². The summed E-state index contributed by atoms with van der Waals surface area (Å²) >= 11 is 0. The maximum Gasteiger partial charge on any atom is 0.257 e. The molecule has 1 aromatic rings. The van der Waals surface area contributed by atoms with Gasteiger partial charge in [0.05, 0.1) is 17.7 Å². The number of hydrogen-bond donors (Lipinski definition) is 2. The van der Waals surface area contributed by atoms with Gasteiger partial charge in [-0.3, -0.25) is 0 Å². The Kier molecular flexibility index (Phi) is 5.08. The molecule has 0 aromatic heterocycles. The summed E-state index contributed by atoms with van der Waals surface area (Å²) in [5, 5.41) is 17.8. The first-order valence-corrected chi connectivity index (χ1v) is 3.94. The van der Waals surface area contributed by atoms with Gasteiger partial charge in [0.1, 0.15) is 0 Å². The quantitative estimate of drug-likeness (QED) is 0.847. The first-order valence-electron chi connectivity index (χ1n) is 3.94. The van der Waals surface area contributed by atoms with E-state index in [1.807, 2.05) is 0 Å². The van der Waals surface area contributed by atoms with Crippen molar-refractivity contribution in [3.8, 4) is 11.8 Å². The second-order valence-electron chi connectivity index (χ2n) is 2.83. The highest BCUT2D eigenvalue weighted by molar-refractivity contribution is 5.85. The number of nitrogens with zero attached hydrogens (tertiary/aromatic N) is 1. The van der Waals surface area contributed by atoms with E-state index in [-0.39, 0.29) is 18.0 Å². The number of phenols is 1. The van der Waals surface area contributed by atoms with Crippen molar-refractivity contribution in [3.05, 3.63) is 29.1 Å². The predicted molar refractivity (Wildman–Crippen MR) is 53.0 cm³/mol. The molecule has 0 aliphatic carbocycles. The molecule has 1 atom stereocenters. The molecule has 0 saturated carbocycles. The lowest BCUT2D eigenvalue weighted by Crippen LogP contribution is -2.20. The monoisotopic (exact) mass is 252 g/mol. The normalized spacial score (nSPS) is 11.8. The van der Waals surface area contributed by atoms with Crippen LogP contribution in [0, 0.1) is 17.1 Å². The number of aromatic hydroxyl groups is 1. The van der Waals surface area contributed by atoms with Crippen molar-refractivity contribution < 1.29 is 18.3 Å². The van der Waals surface area contributed by atoms with Gasteiger partial charge in [-0.1, -0.05) is 0 Å². The summed E-state index contributed by atoms with van der Waals surface area (Å²) in [6.45, 7) is 0. The average molecular weight is 253 g/mol. The molecule has 0 spiro atoms. The van der Waals surface area contributed by atoms with Gasteiger partial charge >= 0.3 is 0 Å². The summed E-state index contributed by atoms with van der Waals surface area (Å²) in [6.07, 6.45) is -2.98. The SMILES string of the molecule is Cl.N#Cc1ccc(F)c(O)c1[C@@H](N)C(F)F. The molecule has 0 fully saturated rings. The number of nitriles is 1. The highest BCUT2D eigenvalue weighted by Gasteiger charge is 2.25. The van der Waals surface area contributed by atoms with Crippen molar-refractivity contribution in [1.29, 1.82) is 5.26 Å². The van der Waals surface area contributed by atoms with Crippen molar-refractivity contribution in [2.24, 2.45) is 5.73 Å². The summed E-state index contributed by atoms with van der Waals surface area (Å²) in [4.78, 5) is 0. The Balaban J connectivity index is 0.00000225. The second-order valence-corrected chi connectivity index (χ2v) is 2.83. The molecular weight excluding hydrogens is 245 g/mol. The van der Waals surface area contributed by atoms with Gasteiger partial charge in [-0.15, -0.1) is 12.4 Å². The van der Waals surface area contributed by atoms with Crippen LogP contribution in [0.5, 0.6) is 5.75 Å². The van der Waals surface area contributed by atoms with Crippen molar-refractivity contribution >= 4 is 12.4 Å². The standard InChI is InChI=1S/C9H7F3N2O.ClH/c10-5-2-1-4(3-13)6(8(5)15)7(14)9(11)12;/h1-2,7,9,15H,14H2;1H/t7-;/m1./s1. The van der Waals surface area contributed by atoms with Gasteiger partial charge in [0.15, 0.2) is 11.6 Å². The molecule has 7 heteroatoms. The zero-order valence-electron chi connectivity index (χ0n) is 7.82. The number of phenolic OH excluding ortho intramolecular Hbond substituents is 1. The summed E-state index contributed by atoms with van der Waals surface area (Å²) in [7, 11) is 0. The van der Waals surface area contributed by atoms with Gasteiger partial charge in [-0.25, -0.2) is 13.2 Å². The molecule has 88 valence electrons. The Bertz CT molecular complexity index is 420. The fraction of sp³-hybridized carbons (Fsp3) is 0.222. The van der Waals surface area contributed by atoms with Crippen molar-refractivity contribution in [1.82, 2.24) is 0 Å². The minimum absolute atomic E-state index is 0. The Hall–Kier alpha value is -1.45. The predicted octanol–water partition coefficient (Wildman–Crippen LogP) is 2.09. The van der Waals surface area contributed by atoms with Gasteiger partial charge in [-0.05, 0) is 12.1 Å². The van der Waals surface area contributed by atoms with Crippen LogP contribution in [0.1, 0.15) is 17.2 Å². The lowest BCUT2D eigenvalue weighted by molar-refractivity contribution is 0.115. The highest BCUT2D eigenvalue weighted by atomic mass is 35.5. The van der Waals surface area contributed by atoms with E-state index in [0.29, 0.717) is 0 Å². The van der Waals surface area contributed by atoms with E-state index in [1.165, 1.54) is 0 Å². The summed E-state index contributed by atoms with van der Waals surface area (Å²) in [6, 6.07) is 1.49. The largest absolute Gasteiger partial charge is 0.505 e. The van der Waals surface area contributed by atoms with Crippen molar-refractivity contribution in [3.63, 3.8) is 0 Å². The number of nitrogens with two attached hydrogens (primary N) is 1. The molecule has 0 amide bonds. The van der Waals surface area contributed by atoms with Crippen LogP contribution in [0.15, 0.2) is 12.1 Å². The van der Waals surface area contributed by atoms with Gasteiger partial charge in [0.25, 0.3) is 6.43 Å². The minimum atomic E-state index is -2.98. The second kappa shape index (κ2) is 5.58. The van der Waals surface area contributed by atoms with Gasteiger partial charge in [0, 0.05) is 5.56 Å². The lowest BCUT2D eigenvalue weighted by Gasteiger charge is -2.14. The molecule has 3 nitrogen and oxygen atoms in total. The van der Waals surface area contributed by atoms with E-state index in [2.05, 4.69) is 0 Å². The number of alkyl halides is 2. The van der Waals surface area contributed by atoms with Crippen LogP contribution in [0.4, 0.5) is 13.2 Å². The molecule has 1 rings (SSSR count). The van der Waals surface area contributed by atoms with E-state index >= 15 is 0 Å². The maximum atomic E-state index is 12.9. The van der Waals surface area contributed by atoms with E-state index in [0.717, 1.165) is 12.1 Å². The molecule has 16 heavy (non-hydrogen) atoms. The Labute approximate surface area is 95.7 Å². The minimum Gasteiger partial charge on any atom is -0.505 e. The van der Waals surface area contributed by atoms with Crippen LogP contribution in [0.25, 0.3) is 0 Å². The van der Waals surface area contributed by atoms with E-state index in [9.17, 15) is 18.3 Å². The van der Waals surface area contributed by atoms with E-state index in [1.54, 1.807) is 6.07 Å². The van der Waals surface area contributed by atoms with Crippen molar-refractivity contribution in [2.75, 3.05) is 0 Å². The molecule has 0 aliphatic rings. The third-order valence-electron chi connectivity index (χ3n) is 1.89. The third-order valence-corrected chi connectivity index (χ3v) is 1.89. The number of benzene rings is 1. The Morgan fingerprint density at radius 3 is 2.38 bits per heavy atom. The van der Waals surface area contributed by atoms with Crippen LogP contribution in [-0.4, -0.2) is 11.5 Å². The summed E-state index contributed by atoms with van der Waals surface area (Å²) < 4.78 is 37.4. The summed E-state index contributed by atoms with van der Waals surface area (Å²) in [5.41, 5.74) is 4.23. The van der Waals surface area contributed by atoms with Crippen LogP contribution >= 0.6 is 12.4 Å². The van der Waals surface area contributed by atoms with Crippen LogP contribution in [0.3, 0.4) is 0 Å². The highest BCUT2D eigenvalue weighted by Crippen LogP contribution is 2.31. The molecular formula is C9H8ClF3N2O. The Morgan fingerprint density at radius 2 is 1.94 bits per heavy atom. The molecule has 0 radical (unpaired) electrons. The first-order chi connectivity index (χ1) is 6.99. The molecule has 0 aliphatic heterocycles.